The lowest BCUT2D eigenvalue weighted by atomic mass is 10.3. The van der Waals surface area contributed by atoms with Crippen LogP contribution in [0.4, 0.5) is 5.69 Å². The third kappa shape index (κ3) is 4.57. The van der Waals surface area contributed by atoms with E-state index in [4.69, 9.17) is 27.9 Å². The predicted octanol–water partition coefficient (Wildman–Crippen LogP) is 4.60. The molecule has 0 aliphatic heterocycles. The number of halogens is 2. The van der Waals surface area contributed by atoms with E-state index < -0.39 is 11.0 Å². The van der Waals surface area contributed by atoms with Crippen LogP contribution in [0.3, 0.4) is 0 Å². The molecular weight excluding hydrogens is 427 g/mol. The van der Waals surface area contributed by atoms with Crippen LogP contribution in [0.15, 0.2) is 35.7 Å². The van der Waals surface area contributed by atoms with Crippen LogP contribution in [0.5, 0.6) is 5.75 Å². The number of hydrogen-bond donors (Lipinski definition) is 0. The molecule has 148 valence electrons. The van der Waals surface area contributed by atoms with E-state index in [1.165, 1.54) is 28.8 Å². The molecule has 1 atom stereocenters. The van der Waals surface area contributed by atoms with Gasteiger partial charge in [-0.15, -0.1) is 10.2 Å². The topological polar surface area (TPSA) is 101 Å². The van der Waals surface area contributed by atoms with Gasteiger partial charge < -0.3 is 9.30 Å². The van der Waals surface area contributed by atoms with Crippen LogP contribution in [-0.2, 0) is 12.4 Å². The molecule has 9 nitrogen and oxygen atoms in total. The maximum Gasteiger partial charge on any atom is 0.307 e. The molecule has 0 fully saturated rings. The van der Waals surface area contributed by atoms with Gasteiger partial charge in [-0.05, 0) is 26.0 Å². The van der Waals surface area contributed by atoms with Gasteiger partial charge >= 0.3 is 5.69 Å². The molecule has 0 spiro atoms. The zero-order chi connectivity index (χ0) is 20.3. The normalized spacial score (nSPS) is 12.1. The molecule has 0 saturated heterocycles. The summed E-state index contributed by atoms with van der Waals surface area (Å²) in [6.45, 7) is 4.44. The molecule has 1 unspecified atom stereocenters. The number of aromatic nitrogens is 5. The predicted molar refractivity (Wildman–Crippen MR) is 106 cm³/mol. The Kier molecular flexibility index (Phi) is 6.42. The fourth-order valence-electron chi connectivity index (χ4n) is 2.46. The summed E-state index contributed by atoms with van der Waals surface area (Å²) in [7, 11) is 0. The zero-order valence-corrected chi connectivity index (χ0v) is 17.3. The minimum Gasteiger partial charge on any atom is -0.481 e. The number of hydrogen-bond acceptors (Lipinski definition) is 7. The fraction of sp³-hybridized carbons (Fsp3) is 0.312. The van der Waals surface area contributed by atoms with Crippen molar-refractivity contribution < 1.29 is 9.66 Å². The molecule has 0 bridgehead atoms. The number of thioether (sulfide) groups is 1. The fourth-order valence-corrected chi connectivity index (χ4v) is 3.65. The van der Waals surface area contributed by atoms with E-state index in [1.807, 2.05) is 18.4 Å². The Morgan fingerprint density at radius 2 is 2.14 bits per heavy atom. The first-order valence-electron chi connectivity index (χ1n) is 8.23. The van der Waals surface area contributed by atoms with E-state index in [9.17, 15) is 10.1 Å². The van der Waals surface area contributed by atoms with Crippen LogP contribution in [0.25, 0.3) is 0 Å². The highest BCUT2D eigenvalue weighted by molar-refractivity contribution is 7.98. The Bertz CT molecular complexity index is 993. The summed E-state index contributed by atoms with van der Waals surface area (Å²) in [4.78, 5) is 10.3. The Labute approximate surface area is 174 Å². The number of ether oxygens (including phenoxy) is 1. The maximum absolute atomic E-state index is 10.7. The van der Waals surface area contributed by atoms with Gasteiger partial charge in [0.2, 0.25) is 0 Å². The molecular formula is C16H16Cl2N6O3S. The SMILES string of the molecule is CCn1c(SCn2cc([N+](=O)[O-])cn2)nnc1C(C)Oc1cc(Cl)ccc1Cl. The second-order valence-electron chi connectivity index (χ2n) is 5.69. The second kappa shape index (κ2) is 8.80. The van der Waals surface area contributed by atoms with Gasteiger partial charge in [0.05, 0.1) is 15.8 Å². The third-order valence-electron chi connectivity index (χ3n) is 3.78. The van der Waals surface area contributed by atoms with Gasteiger partial charge in [-0.25, -0.2) is 0 Å². The van der Waals surface area contributed by atoms with Crippen molar-refractivity contribution in [3.63, 3.8) is 0 Å². The molecule has 0 N–H and O–H groups in total. The van der Waals surface area contributed by atoms with Crippen LogP contribution in [0.1, 0.15) is 25.8 Å². The van der Waals surface area contributed by atoms with Crippen LogP contribution >= 0.6 is 35.0 Å². The Morgan fingerprint density at radius 1 is 1.36 bits per heavy atom. The molecule has 12 heteroatoms. The highest BCUT2D eigenvalue weighted by Gasteiger charge is 2.20. The van der Waals surface area contributed by atoms with Crippen LogP contribution < -0.4 is 4.74 Å². The molecule has 2 heterocycles. The summed E-state index contributed by atoms with van der Waals surface area (Å²) >= 11 is 13.5. The molecule has 0 saturated carbocycles. The van der Waals surface area contributed by atoms with Gasteiger partial charge in [0.25, 0.3) is 0 Å². The van der Waals surface area contributed by atoms with Crippen molar-refractivity contribution in [1.29, 1.82) is 0 Å². The summed E-state index contributed by atoms with van der Waals surface area (Å²) in [6, 6.07) is 5.00. The highest BCUT2D eigenvalue weighted by atomic mass is 35.5. The molecule has 0 radical (unpaired) electrons. The monoisotopic (exact) mass is 442 g/mol. The van der Waals surface area contributed by atoms with Crippen LogP contribution in [0, 0.1) is 10.1 Å². The quantitative estimate of drug-likeness (QED) is 0.285. The first-order chi connectivity index (χ1) is 13.4. The molecule has 3 rings (SSSR count). The summed E-state index contributed by atoms with van der Waals surface area (Å²) in [5.74, 6) is 1.46. The van der Waals surface area contributed by atoms with Crippen molar-refractivity contribution >= 4 is 40.7 Å². The third-order valence-corrected chi connectivity index (χ3v) is 5.28. The van der Waals surface area contributed by atoms with E-state index in [0.717, 1.165) is 0 Å². The van der Waals surface area contributed by atoms with Gasteiger partial charge in [-0.3, -0.25) is 14.8 Å². The smallest absolute Gasteiger partial charge is 0.307 e. The minimum atomic E-state index is -0.485. The largest absolute Gasteiger partial charge is 0.481 e. The summed E-state index contributed by atoms with van der Waals surface area (Å²) in [5, 5.41) is 24.8. The van der Waals surface area contributed by atoms with Gasteiger partial charge in [-0.1, -0.05) is 35.0 Å². The van der Waals surface area contributed by atoms with Crippen molar-refractivity contribution in [2.45, 2.75) is 37.5 Å². The number of benzene rings is 1. The summed E-state index contributed by atoms with van der Waals surface area (Å²) in [6.07, 6.45) is 2.16. The minimum absolute atomic E-state index is 0.0568. The van der Waals surface area contributed by atoms with Crippen LogP contribution in [0.2, 0.25) is 10.0 Å². The molecule has 1 aromatic carbocycles. The molecule has 28 heavy (non-hydrogen) atoms. The second-order valence-corrected chi connectivity index (χ2v) is 7.44. The van der Waals surface area contributed by atoms with Gasteiger partial charge in [0.1, 0.15) is 18.1 Å². The van der Waals surface area contributed by atoms with Gasteiger partial charge in [0.15, 0.2) is 17.1 Å². The lowest BCUT2D eigenvalue weighted by Crippen LogP contribution is -2.12. The molecule has 0 amide bonds. The van der Waals surface area contributed by atoms with E-state index in [0.29, 0.717) is 39.2 Å². The Balaban J connectivity index is 1.73. The van der Waals surface area contributed by atoms with E-state index >= 15 is 0 Å². The number of nitrogens with zero attached hydrogens (tertiary/aromatic N) is 6. The Morgan fingerprint density at radius 3 is 2.82 bits per heavy atom. The van der Waals surface area contributed by atoms with Crippen LogP contribution in [-0.4, -0.2) is 29.5 Å². The standard InChI is InChI=1S/C16H16Cl2N6O3S/c1-3-23-15(10(2)27-14-6-11(17)4-5-13(14)18)20-21-16(23)28-9-22-8-12(7-19-22)24(25)26/h4-8,10H,3,9H2,1-2H3. The molecule has 0 aliphatic carbocycles. The first-order valence-corrected chi connectivity index (χ1v) is 9.97. The first kappa shape index (κ1) is 20.4. The maximum atomic E-state index is 10.7. The molecule has 2 aromatic heterocycles. The lowest BCUT2D eigenvalue weighted by Gasteiger charge is -2.16. The average molecular weight is 443 g/mol. The van der Waals surface area contributed by atoms with Gasteiger partial charge in [0, 0.05) is 17.6 Å². The average Bonchev–Trinajstić information content (AvgIpc) is 3.29. The Hall–Kier alpha value is -2.30. The lowest BCUT2D eigenvalue weighted by molar-refractivity contribution is -0.385. The van der Waals surface area contributed by atoms with Crippen molar-refractivity contribution in [3.05, 3.63) is 56.6 Å². The number of nitro groups is 1. The summed E-state index contributed by atoms with van der Waals surface area (Å²) in [5.41, 5.74) is -0.0568. The van der Waals surface area contributed by atoms with E-state index in [1.54, 1.807) is 18.2 Å². The zero-order valence-electron chi connectivity index (χ0n) is 15.0. The molecule has 0 aliphatic rings. The van der Waals surface area contributed by atoms with Crippen molar-refractivity contribution in [2.24, 2.45) is 0 Å². The highest BCUT2D eigenvalue weighted by Crippen LogP contribution is 2.32. The number of rotatable bonds is 8. The van der Waals surface area contributed by atoms with Crippen molar-refractivity contribution in [3.8, 4) is 5.75 Å². The van der Waals surface area contributed by atoms with Gasteiger partial charge in [-0.2, -0.15) is 5.10 Å². The summed E-state index contributed by atoms with van der Waals surface area (Å²) < 4.78 is 9.30. The molecule has 3 aromatic rings. The van der Waals surface area contributed by atoms with E-state index in [2.05, 4.69) is 15.3 Å². The van der Waals surface area contributed by atoms with E-state index in [-0.39, 0.29) is 5.69 Å². The van der Waals surface area contributed by atoms with Crippen molar-refractivity contribution in [2.75, 3.05) is 0 Å². The van der Waals surface area contributed by atoms with Crippen molar-refractivity contribution in [1.82, 2.24) is 24.5 Å².